The first-order chi connectivity index (χ1) is 5.77. The Morgan fingerprint density at radius 3 is 2.83 bits per heavy atom. The zero-order valence-corrected chi connectivity index (χ0v) is 7.45. The molecule has 0 aliphatic rings. The van der Waals surface area contributed by atoms with E-state index in [0.29, 0.717) is 11.3 Å². The molecule has 0 atom stereocenters. The van der Waals surface area contributed by atoms with Crippen LogP contribution in [0.3, 0.4) is 0 Å². The monoisotopic (exact) mass is 183 g/mol. The first-order valence-corrected chi connectivity index (χ1v) is 3.72. The number of rotatable bonds is 2. The van der Waals surface area contributed by atoms with Gasteiger partial charge in [0.1, 0.15) is 11.5 Å². The maximum Gasteiger partial charge on any atom is 0.128 e. The highest BCUT2D eigenvalue weighted by Gasteiger charge is 1.99. The fraction of sp³-hybridized carbons (Fsp3) is 0.125. The van der Waals surface area contributed by atoms with Gasteiger partial charge in [0.25, 0.3) is 0 Å². The fourth-order valence-electron chi connectivity index (χ4n) is 0.822. The maximum absolute atomic E-state index is 9.35. The fourth-order valence-corrected chi connectivity index (χ4v) is 0.946. The van der Waals surface area contributed by atoms with Crippen molar-refractivity contribution in [3.05, 3.63) is 23.8 Å². The molecular formula is C8H9NO2S. The first-order valence-electron chi connectivity index (χ1n) is 3.32. The molecule has 0 heterocycles. The van der Waals surface area contributed by atoms with Crippen LogP contribution in [0.15, 0.2) is 22.6 Å². The lowest BCUT2D eigenvalue weighted by Crippen LogP contribution is -1.85. The molecule has 0 saturated carbocycles. The third-order valence-corrected chi connectivity index (χ3v) is 1.55. The first kappa shape index (κ1) is 8.93. The zero-order chi connectivity index (χ0) is 8.97. The van der Waals surface area contributed by atoms with E-state index in [-0.39, 0.29) is 5.75 Å². The van der Waals surface area contributed by atoms with Crippen LogP contribution in [0, 0.1) is 0 Å². The standard InChI is InChI=1S/C8H9NO2S/c1-11-7-3-2-6(5-9-12)8(10)4-7/h2-5,10,12H,1H3/b9-5+. The Morgan fingerprint density at radius 1 is 1.58 bits per heavy atom. The summed E-state index contributed by atoms with van der Waals surface area (Å²) in [6.45, 7) is 0. The van der Waals surface area contributed by atoms with Crippen LogP contribution in [0.2, 0.25) is 0 Å². The second kappa shape index (κ2) is 4.01. The average Bonchev–Trinajstić information content (AvgIpc) is 2.09. The number of methoxy groups -OCH3 is 1. The van der Waals surface area contributed by atoms with Crippen LogP contribution >= 0.6 is 12.8 Å². The van der Waals surface area contributed by atoms with E-state index in [0.717, 1.165) is 0 Å². The summed E-state index contributed by atoms with van der Waals surface area (Å²) in [7, 11) is 1.54. The van der Waals surface area contributed by atoms with Gasteiger partial charge in [-0.1, -0.05) is 0 Å². The number of hydrogen-bond donors (Lipinski definition) is 2. The molecule has 1 aromatic rings. The highest BCUT2D eigenvalue weighted by atomic mass is 32.1. The third-order valence-electron chi connectivity index (χ3n) is 1.43. The molecule has 0 fully saturated rings. The van der Waals surface area contributed by atoms with Crippen LogP contribution in [0.5, 0.6) is 11.5 Å². The van der Waals surface area contributed by atoms with Gasteiger partial charge in [0.05, 0.1) is 7.11 Å². The van der Waals surface area contributed by atoms with Crippen LogP contribution in [0.1, 0.15) is 5.56 Å². The van der Waals surface area contributed by atoms with Crippen molar-refractivity contribution in [1.29, 1.82) is 0 Å². The lowest BCUT2D eigenvalue weighted by molar-refractivity contribution is 0.407. The number of benzene rings is 1. The van der Waals surface area contributed by atoms with Gasteiger partial charge in [-0.15, -0.1) is 0 Å². The molecule has 1 rings (SSSR count). The Balaban J connectivity index is 3.03. The van der Waals surface area contributed by atoms with Crippen molar-refractivity contribution in [2.24, 2.45) is 4.40 Å². The molecule has 64 valence electrons. The lowest BCUT2D eigenvalue weighted by atomic mass is 10.2. The van der Waals surface area contributed by atoms with E-state index in [4.69, 9.17) is 4.74 Å². The Morgan fingerprint density at radius 2 is 2.33 bits per heavy atom. The molecule has 1 aromatic carbocycles. The van der Waals surface area contributed by atoms with Gasteiger partial charge in [0.2, 0.25) is 0 Å². The van der Waals surface area contributed by atoms with Gasteiger partial charge in [-0.3, -0.25) is 0 Å². The summed E-state index contributed by atoms with van der Waals surface area (Å²) >= 11 is 3.66. The van der Waals surface area contributed by atoms with Crippen molar-refractivity contribution in [3.63, 3.8) is 0 Å². The lowest BCUT2D eigenvalue weighted by Gasteiger charge is -2.01. The molecular weight excluding hydrogens is 174 g/mol. The smallest absolute Gasteiger partial charge is 0.128 e. The van der Waals surface area contributed by atoms with Crippen molar-refractivity contribution in [2.75, 3.05) is 7.11 Å². The molecule has 4 heteroatoms. The minimum atomic E-state index is 0.132. The quantitative estimate of drug-likeness (QED) is 0.541. The van der Waals surface area contributed by atoms with E-state index in [2.05, 4.69) is 17.2 Å². The number of hydrogen-bond acceptors (Lipinski definition) is 4. The highest BCUT2D eigenvalue weighted by molar-refractivity contribution is 7.79. The molecule has 0 unspecified atom stereocenters. The van der Waals surface area contributed by atoms with Crippen molar-refractivity contribution in [1.82, 2.24) is 0 Å². The molecule has 0 aromatic heterocycles. The second-order valence-corrected chi connectivity index (χ2v) is 2.40. The van der Waals surface area contributed by atoms with Gasteiger partial charge in [0.15, 0.2) is 0 Å². The molecule has 0 saturated heterocycles. The van der Waals surface area contributed by atoms with Gasteiger partial charge in [0, 0.05) is 17.8 Å². The molecule has 3 nitrogen and oxygen atoms in total. The Labute approximate surface area is 76.3 Å². The van der Waals surface area contributed by atoms with Crippen LogP contribution in [-0.2, 0) is 0 Å². The number of thiol groups is 1. The molecule has 0 aliphatic carbocycles. The van der Waals surface area contributed by atoms with Gasteiger partial charge < -0.3 is 9.84 Å². The van der Waals surface area contributed by atoms with Crippen LogP contribution in [-0.4, -0.2) is 18.4 Å². The number of phenols is 1. The van der Waals surface area contributed by atoms with Crippen LogP contribution in [0.25, 0.3) is 0 Å². The Hall–Kier alpha value is -1.16. The van der Waals surface area contributed by atoms with Gasteiger partial charge >= 0.3 is 0 Å². The summed E-state index contributed by atoms with van der Waals surface area (Å²) in [6, 6.07) is 4.96. The summed E-state index contributed by atoms with van der Waals surface area (Å²) < 4.78 is 8.40. The van der Waals surface area contributed by atoms with Crippen molar-refractivity contribution >= 4 is 19.0 Å². The molecule has 0 aliphatic heterocycles. The maximum atomic E-state index is 9.35. The van der Waals surface area contributed by atoms with E-state index < -0.39 is 0 Å². The minimum absolute atomic E-state index is 0.132. The number of aromatic hydroxyl groups is 1. The zero-order valence-electron chi connectivity index (χ0n) is 6.56. The number of nitrogens with zero attached hydrogens (tertiary/aromatic N) is 1. The molecule has 0 amide bonds. The predicted molar refractivity (Wildman–Crippen MR) is 51.2 cm³/mol. The van der Waals surface area contributed by atoms with E-state index in [9.17, 15) is 5.11 Å². The van der Waals surface area contributed by atoms with E-state index in [1.165, 1.54) is 12.3 Å². The topological polar surface area (TPSA) is 41.8 Å². The summed E-state index contributed by atoms with van der Waals surface area (Å²) in [4.78, 5) is 0. The minimum Gasteiger partial charge on any atom is -0.507 e. The normalized spacial score (nSPS) is 10.5. The predicted octanol–water partition coefficient (Wildman–Crippen LogP) is 1.66. The Kier molecular flexibility index (Phi) is 2.99. The highest BCUT2D eigenvalue weighted by Crippen LogP contribution is 2.21. The summed E-state index contributed by atoms with van der Waals surface area (Å²) in [5.41, 5.74) is 0.616. The SMILES string of the molecule is COc1ccc(/C=N/S)c(O)c1. The van der Waals surface area contributed by atoms with E-state index >= 15 is 0 Å². The van der Waals surface area contributed by atoms with Crippen molar-refractivity contribution < 1.29 is 9.84 Å². The van der Waals surface area contributed by atoms with E-state index in [1.807, 2.05) is 0 Å². The van der Waals surface area contributed by atoms with Gasteiger partial charge in [-0.05, 0) is 24.9 Å². The van der Waals surface area contributed by atoms with Gasteiger partial charge in [-0.2, -0.15) is 0 Å². The van der Waals surface area contributed by atoms with Crippen LogP contribution < -0.4 is 4.74 Å². The molecule has 0 spiro atoms. The van der Waals surface area contributed by atoms with Crippen molar-refractivity contribution in [3.8, 4) is 11.5 Å². The van der Waals surface area contributed by atoms with Gasteiger partial charge in [-0.25, -0.2) is 4.40 Å². The third kappa shape index (κ3) is 1.92. The second-order valence-electron chi connectivity index (χ2n) is 2.17. The summed E-state index contributed by atoms with van der Waals surface area (Å²) in [5, 5.41) is 9.35. The largest absolute Gasteiger partial charge is 0.507 e. The summed E-state index contributed by atoms with van der Waals surface area (Å²) in [6.07, 6.45) is 1.46. The molecule has 0 bridgehead atoms. The van der Waals surface area contributed by atoms with Crippen molar-refractivity contribution in [2.45, 2.75) is 0 Å². The average molecular weight is 183 g/mol. The number of phenolic OH excluding ortho intramolecular Hbond substituents is 1. The molecule has 1 N–H and O–H groups in total. The van der Waals surface area contributed by atoms with E-state index in [1.54, 1.807) is 19.2 Å². The molecule has 12 heavy (non-hydrogen) atoms. The molecule has 0 radical (unpaired) electrons. The summed E-state index contributed by atoms with van der Waals surface area (Å²) in [5.74, 6) is 0.746. The number of ether oxygens (including phenoxy) is 1. The van der Waals surface area contributed by atoms with Crippen LogP contribution in [0.4, 0.5) is 0 Å². The Bertz CT molecular complexity index is 299.